The maximum absolute atomic E-state index is 12.0. The summed E-state index contributed by atoms with van der Waals surface area (Å²) in [6, 6.07) is 2.19. The Morgan fingerprint density at radius 2 is 1.94 bits per heavy atom. The Labute approximate surface area is 211 Å². The first-order chi connectivity index (χ1) is 16.7. The zero-order chi connectivity index (χ0) is 26.1. The highest BCUT2D eigenvalue weighted by Crippen LogP contribution is 2.37. The van der Waals surface area contributed by atoms with E-state index in [1.54, 1.807) is 0 Å². The van der Waals surface area contributed by atoms with Crippen LogP contribution >= 0.6 is 0 Å². The minimum Gasteiger partial charge on any atom is -0.469 e. The second kappa shape index (κ2) is 13.3. The Balaban J connectivity index is 2.64. The fourth-order valence-corrected chi connectivity index (χ4v) is 4.49. The normalized spacial score (nSPS) is 21.7. The number of aromatic amines is 1. The standard InChI is InChI=1S/C29H44N4O2/c1-10-18(4)24(30-8)17-27-20(6)23(13-14-28(34)35-9)29(33-27)21(7)26-15-19(5)25(32-26)16-22(11-2)31-12-3/h15-17,20,23,30,32H,10-14H2,1-9H3/b24-18-,25-16-,26-21-,27-17-,31-22+/t20-,23-/m0/s1. The molecule has 0 aromatic carbocycles. The van der Waals surface area contributed by atoms with Gasteiger partial charge in [-0.3, -0.25) is 14.8 Å². The summed E-state index contributed by atoms with van der Waals surface area (Å²) in [5.74, 6) is 0.159. The third-order valence-electron chi connectivity index (χ3n) is 6.99. The molecule has 0 unspecified atom stereocenters. The molecule has 0 saturated carbocycles. The van der Waals surface area contributed by atoms with Gasteiger partial charge in [0.05, 0.1) is 7.11 Å². The van der Waals surface area contributed by atoms with E-state index < -0.39 is 0 Å². The molecule has 0 spiro atoms. The molecule has 2 N–H and O–H groups in total. The lowest BCUT2D eigenvalue weighted by molar-refractivity contribution is -0.140. The topological polar surface area (TPSA) is 78.8 Å². The summed E-state index contributed by atoms with van der Waals surface area (Å²) in [6.45, 7) is 15.7. The van der Waals surface area contributed by atoms with Gasteiger partial charge in [0.1, 0.15) is 0 Å². The Hall–Kier alpha value is -2.89. The van der Waals surface area contributed by atoms with Crippen LogP contribution in [0.15, 0.2) is 39.1 Å². The molecule has 1 aliphatic rings. The number of hydrogen-bond acceptors (Lipinski definition) is 5. The van der Waals surface area contributed by atoms with Crippen molar-refractivity contribution in [2.45, 2.75) is 74.1 Å². The molecule has 2 atom stereocenters. The molecule has 0 aliphatic carbocycles. The van der Waals surface area contributed by atoms with Gasteiger partial charge in [0, 0.05) is 65.4 Å². The van der Waals surface area contributed by atoms with Gasteiger partial charge in [0.25, 0.3) is 0 Å². The van der Waals surface area contributed by atoms with Crippen LogP contribution in [0.25, 0.3) is 11.6 Å². The smallest absolute Gasteiger partial charge is 0.305 e. The molecular weight excluding hydrogens is 436 g/mol. The monoisotopic (exact) mass is 480 g/mol. The lowest BCUT2D eigenvalue weighted by atomic mass is 9.84. The fourth-order valence-electron chi connectivity index (χ4n) is 4.49. The number of hydrogen-bond donors (Lipinski definition) is 2. The Morgan fingerprint density at radius 1 is 1.23 bits per heavy atom. The van der Waals surface area contributed by atoms with E-state index in [9.17, 15) is 4.79 Å². The highest BCUT2D eigenvalue weighted by molar-refractivity contribution is 6.20. The van der Waals surface area contributed by atoms with Gasteiger partial charge in [-0.25, -0.2) is 0 Å². The number of ether oxygens (including phenoxy) is 1. The number of aromatic nitrogens is 1. The molecule has 0 amide bonds. The van der Waals surface area contributed by atoms with Crippen molar-refractivity contribution in [1.82, 2.24) is 10.3 Å². The SMILES string of the molecule is CC/N=C(/C=c1\[nH]/c(=C(/C)C2=N/C(=C\C(NC)=C(/C)CC)[C@@H](C)[C@@H]2CCC(=O)OC)cc1C)CC. The summed E-state index contributed by atoms with van der Waals surface area (Å²) in [7, 11) is 3.40. The molecule has 6 nitrogen and oxygen atoms in total. The zero-order valence-corrected chi connectivity index (χ0v) is 23.1. The maximum atomic E-state index is 12.0. The van der Waals surface area contributed by atoms with Crippen LogP contribution in [0.2, 0.25) is 0 Å². The Bertz CT molecular complexity index is 1150. The quantitative estimate of drug-likeness (QED) is 0.380. The summed E-state index contributed by atoms with van der Waals surface area (Å²) in [5, 5.41) is 5.47. The van der Waals surface area contributed by atoms with Crippen molar-refractivity contribution >= 4 is 29.0 Å². The van der Waals surface area contributed by atoms with E-state index in [4.69, 9.17) is 9.73 Å². The first kappa shape index (κ1) is 28.3. The molecular formula is C29H44N4O2. The second-order valence-corrected chi connectivity index (χ2v) is 9.24. The van der Waals surface area contributed by atoms with Gasteiger partial charge in [-0.1, -0.05) is 26.3 Å². The van der Waals surface area contributed by atoms with E-state index in [-0.39, 0.29) is 17.8 Å². The largest absolute Gasteiger partial charge is 0.469 e. The minimum absolute atomic E-state index is 0.143. The van der Waals surface area contributed by atoms with Gasteiger partial charge in [0.2, 0.25) is 0 Å². The predicted molar refractivity (Wildman–Crippen MR) is 148 cm³/mol. The second-order valence-electron chi connectivity index (χ2n) is 9.24. The van der Waals surface area contributed by atoms with E-state index in [2.05, 4.69) is 82.0 Å². The lowest BCUT2D eigenvalue weighted by Crippen LogP contribution is -2.23. The van der Waals surface area contributed by atoms with Crippen molar-refractivity contribution in [3.8, 4) is 0 Å². The first-order valence-electron chi connectivity index (χ1n) is 12.9. The van der Waals surface area contributed by atoms with Gasteiger partial charge >= 0.3 is 5.97 Å². The van der Waals surface area contributed by atoms with Gasteiger partial charge in [-0.15, -0.1) is 0 Å². The first-order valence-corrected chi connectivity index (χ1v) is 12.9. The number of rotatable bonds is 10. The lowest BCUT2D eigenvalue weighted by Gasteiger charge is -2.18. The number of esters is 1. The molecule has 1 aromatic heterocycles. The van der Waals surface area contributed by atoms with Crippen molar-refractivity contribution in [3.63, 3.8) is 0 Å². The molecule has 2 heterocycles. The van der Waals surface area contributed by atoms with Crippen molar-refractivity contribution < 1.29 is 9.53 Å². The van der Waals surface area contributed by atoms with Crippen LogP contribution < -0.4 is 16.0 Å². The molecule has 0 bridgehead atoms. The Kier molecular flexibility index (Phi) is 10.7. The van der Waals surface area contributed by atoms with Crippen LogP contribution in [0.5, 0.6) is 0 Å². The zero-order valence-electron chi connectivity index (χ0n) is 23.1. The molecule has 0 saturated heterocycles. The highest BCUT2D eigenvalue weighted by Gasteiger charge is 2.33. The maximum Gasteiger partial charge on any atom is 0.305 e. The van der Waals surface area contributed by atoms with Crippen LogP contribution in [-0.4, -0.2) is 43.1 Å². The van der Waals surface area contributed by atoms with Crippen LogP contribution in [0.4, 0.5) is 0 Å². The summed E-state index contributed by atoms with van der Waals surface area (Å²) in [5.41, 5.74) is 7.89. The van der Waals surface area contributed by atoms with Crippen LogP contribution in [0, 0.1) is 18.8 Å². The van der Waals surface area contributed by atoms with E-state index >= 15 is 0 Å². The summed E-state index contributed by atoms with van der Waals surface area (Å²) >= 11 is 0. The molecule has 0 radical (unpaired) electrons. The summed E-state index contributed by atoms with van der Waals surface area (Å²) in [4.78, 5) is 25.3. The van der Waals surface area contributed by atoms with Crippen molar-refractivity contribution in [1.29, 1.82) is 0 Å². The van der Waals surface area contributed by atoms with Crippen LogP contribution in [0.3, 0.4) is 0 Å². The number of H-pyrrole nitrogens is 1. The third kappa shape index (κ3) is 7.06. The molecule has 1 aliphatic heterocycles. The average molecular weight is 481 g/mol. The van der Waals surface area contributed by atoms with Gasteiger partial charge < -0.3 is 15.0 Å². The van der Waals surface area contributed by atoms with E-state index in [1.165, 1.54) is 18.2 Å². The van der Waals surface area contributed by atoms with E-state index in [0.717, 1.165) is 58.5 Å². The number of allylic oxidation sites excluding steroid dienone is 3. The van der Waals surface area contributed by atoms with Crippen molar-refractivity contribution in [3.05, 3.63) is 45.4 Å². The summed E-state index contributed by atoms with van der Waals surface area (Å²) < 4.78 is 4.93. The van der Waals surface area contributed by atoms with Gasteiger partial charge in [-0.05, 0) is 76.3 Å². The number of methoxy groups -OCH3 is 1. The highest BCUT2D eigenvalue weighted by atomic mass is 16.5. The van der Waals surface area contributed by atoms with Crippen molar-refractivity contribution in [2.24, 2.45) is 21.8 Å². The van der Waals surface area contributed by atoms with Gasteiger partial charge in [-0.2, -0.15) is 0 Å². The number of aliphatic imine (C=N–C) groups is 2. The fraction of sp³-hybridized carbons (Fsp3) is 0.552. The van der Waals surface area contributed by atoms with Gasteiger partial charge in [0.15, 0.2) is 0 Å². The molecule has 0 fully saturated rings. The molecule has 192 valence electrons. The third-order valence-corrected chi connectivity index (χ3v) is 6.99. The number of nitrogens with one attached hydrogen (secondary N) is 2. The number of likely N-dealkylation sites (N-methyl/N-ethyl adjacent to an activating group) is 1. The average Bonchev–Trinajstić information content (AvgIpc) is 3.38. The molecule has 35 heavy (non-hydrogen) atoms. The minimum atomic E-state index is -0.181. The van der Waals surface area contributed by atoms with E-state index in [1.807, 2.05) is 7.05 Å². The number of aryl methyl sites for hydroxylation is 1. The van der Waals surface area contributed by atoms with E-state index in [0.29, 0.717) is 12.8 Å². The molecule has 6 heteroatoms. The Morgan fingerprint density at radius 3 is 2.51 bits per heavy atom. The van der Waals surface area contributed by atoms with Crippen LogP contribution in [-0.2, 0) is 9.53 Å². The molecule has 1 aromatic rings. The van der Waals surface area contributed by atoms with Crippen molar-refractivity contribution in [2.75, 3.05) is 20.7 Å². The molecule has 2 rings (SSSR count). The number of carbonyl (C=O) groups excluding carboxylic acids is 1. The number of nitrogens with zero attached hydrogens (tertiary/aromatic N) is 2. The van der Waals surface area contributed by atoms with Crippen LogP contribution in [0.1, 0.15) is 72.8 Å². The number of carbonyl (C=O) groups is 1. The predicted octanol–water partition coefficient (Wildman–Crippen LogP) is 4.59. The summed E-state index contributed by atoms with van der Waals surface area (Å²) in [6.07, 6.45) is 7.27.